The lowest BCUT2D eigenvalue weighted by Gasteiger charge is -2.36. The van der Waals surface area contributed by atoms with Crippen LogP contribution in [0.1, 0.15) is 61.0 Å². The second kappa shape index (κ2) is 10.3. The fourth-order valence-corrected chi connectivity index (χ4v) is 4.13. The van der Waals surface area contributed by atoms with E-state index < -0.39 is 5.67 Å². The van der Waals surface area contributed by atoms with Gasteiger partial charge >= 0.3 is 0 Å². The van der Waals surface area contributed by atoms with Crippen LogP contribution in [0.15, 0.2) is 41.7 Å². The van der Waals surface area contributed by atoms with Crippen LogP contribution in [-0.4, -0.2) is 49.3 Å². The summed E-state index contributed by atoms with van der Waals surface area (Å²) in [6.07, 6.45) is 7.94. The Morgan fingerprint density at radius 3 is 2.73 bits per heavy atom. The number of halogens is 1. The first-order valence-corrected chi connectivity index (χ1v) is 11.2. The van der Waals surface area contributed by atoms with E-state index in [0.29, 0.717) is 51.2 Å². The van der Waals surface area contributed by atoms with Crippen molar-refractivity contribution in [2.75, 3.05) is 32.8 Å². The molecule has 164 valence electrons. The number of piperidine rings is 1. The van der Waals surface area contributed by atoms with Gasteiger partial charge in [0, 0.05) is 44.6 Å². The summed E-state index contributed by atoms with van der Waals surface area (Å²) in [7, 11) is 0. The van der Waals surface area contributed by atoms with Crippen molar-refractivity contribution >= 4 is 5.91 Å². The Morgan fingerprint density at radius 2 is 2.03 bits per heavy atom. The number of nitrogens with zero attached hydrogens (tertiary/aromatic N) is 1. The van der Waals surface area contributed by atoms with Gasteiger partial charge in [-0.05, 0) is 68.5 Å². The van der Waals surface area contributed by atoms with E-state index in [9.17, 15) is 4.79 Å². The molecule has 0 radical (unpaired) electrons. The maximum atomic E-state index is 15.2. The molecule has 1 aliphatic carbocycles. The number of benzene rings is 1. The molecule has 1 aliphatic heterocycles. The van der Waals surface area contributed by atoms with Crippen LogP contribution in [-0.2, 0) is 11.2 Å². The highest BCUT2D eigenvalue weighted by Crippen LogP contribution is 2.27. The zero-order valence-electron chi connectivity index (χ0n) is 18.6. The van der Waals surface area contributed by atoms with Crippen LogP contribution < -0.4 is 5.32 Å². The smallest absolute Gasteiger partial charge is 0.253 e. The Kier molecular flexibility index (Phi) is 7.70. The highest BCUT2D eigenvalue weighted by atomic mass is 19.1. The monoisotopic (exact) mass is 414 g/mol. The average molecular weight is 415 g/mol. The zero-order valence-corrected chi connectivity index (χ0v) is 18.6. The molecule has 5 heteroatoms. The number of allylic oxidation sites excluding steroid dienone is 3. The summed E-state index contributed by atoms with van der Waals surface area (Å²) in [5.41, 5.74) is 3.18. The Balaban J connectivity index is 1.40. The van der Waals surface area contributed by atoms with Crippen molar-refractivity contribution in [3.05, 3.63) is 58.4 Å². The molecule has 1 saturated heterocycles. The van der Waals surface area contributed by atoms with Crippen LogP contribution in [0.3, 0.4) is 0 Å². The lowest BCUT2D eigenvalue weighted by atomic mass is 9.92. The number of nitrogens with one attached hydrogen (secondary N) is 1. The molecule has 0 saturated carbocycles. The SMILES string of the molecule is CCc1cc(C(=O)N2CCC(F)(CNCCOC3=CCCC(C)=C3)CC2)ccc1C. The van der Waals surface area contributed by atoms with Gasteiger partial charge < -0.3 is 15.0 Å². The predicted octanol–water partition coefficient (Wildman–Crippen LogP) is 4.73. The first kappa shape index (κ1) is 22.5. The second-order valence-corrected chi connectivity index (χ2v) is 8.60. The zero-order chi connectivity index (χ0) is 21.6. The van der Waals surface area contributed by atoms with Crippen molar-refractivity contribution in [3.63, 3.8) is 0 Å². The summed E-state index contributed by atoms with van der Waals surface area (Å²) in [4.78, 5) is 14.6. The van der Waals surface area contributed by atoms with Crippen LogP contribution in [0, 0.1) is 6.92 Å². The molecule has 4 nitrogen and oxygen atoms in total. The summed E-state index contributed by atoms with van der Waals surface area (Å²) in [6, 6.07) is 5.87. The number of likely N-dealkylation sites (tertiary alicyclic amines) is 1. The van der Waals surface area contributed by atoms with Gasteiger partial charge in [0.05, 0.1) is 0 Å². The molecule has 1 amide bonds. The highest BCUT2D eigenvalue weighted by Gasteiger charge is 2.35. The Bertz CT molecular complexity index is 807. The van der Waals surface area contributed by atoms with Crippen LogP contribution >= 0.6 is 0 Å². The number of hydrogen-bond acceptors (Lipinski definition) is 3. The largest absolute Gasteiger partial charge is 0.493 e. The number of aryl methyl sites for hydroxylation is 2. The Hall–Kier alpha value is -2.14. The molecule has 2 aliphatic rings. The molecule has 0 bridgehead atoms. The molecular formula is C25H35FN2O2. The van der Waals surface area contributed by atoms with E-state index in [2.05, 4.69) is 38.2 Å². The van der Waals surface area contributed by atoms with Gasteiger partial charge in [0.15, 0.2) is 0 Å². The van der Waals surface area contributed by atoms with Crippen molar-refractivity contribution in [2.24, 2.45) is 0 Å². The normalized spacial score (nSPS) is 18.6. The van der Waals surface area contributed by atoms with E-state index in [1.807, 2.05) is 18.2 Å². The molecule has 0 aromatic heterocycles. The van der Waals surface area contributed by atoms with Crippen molar-refractivity contribution in [2.45, 2.75) is 58.5 Å². The van der Waals surface area contributed by atoms with E-state index in [4.69, 9.17) is 4.74 Å². The van der Waals surface area contributed by atoms with Gasteiger partial charge in [-0.15, -0.1) is 0 Å². The van der Waals surface area contributed by atoms with Crippen molar-refractivity contribution in [1.82, 2.24) is 10.2 Å². The van der Waals surface area contributed by atoms with E-state index in [1.165, 1.54) is 16.7 Å². The second-order valence-electron chi connectivity index (χ2n) is 8.60. The van der Waals surface area contributed by atoms with Gasteiger partial charge in [-0.1, -0.05) is 18.6 Å². The number of amides is 1. The molecule has 3 rings (SSSR count). The molecule has 1 aromatic carbocycles. The Morgan fingerprint density at radius 1 is 1.27 bits per heavy atom. The first-order chi connectivity index (χ1) is 14.4. The van der Waals surface area contributed by atoms with Crippen molar-refractivity contribution < 1.29 is 13.9 Å². The third-order valence-corrected chi connectivity index (χ3v) is 6.19. The quantitative estimate of drug-likeness (QED) is 0.625. The number of carbonyl (C=O) groups excluding carboxylic acids is 1. The van der Waals surface area contributed by atoms with E-state index >= 15 is 4.39 Å². The van der Waals surface area contributed by atoms with Gasteiger partial charge in [-0.3, -0.25) is 4.79 Å². The lowest BCUT2D eigenvalue weighted by molar-refractivity contribution is 0.0430. The first-order valence-electron chi connectivity index (χ1n) is 11.2. The number of carbonyl (C=O) groups is 1. The molecule has 0 spiro atoms. The topological polar surface area (TPSA) is 41.6 Å². The van der Waals surface area contributed by atoms with Crippen LogP contribution in [0.2, 0.25) is 0 Å². The maximum Gasteiger partial charge on any atom is 0.253 e. The van der Waals surface area contributed by atoms with Gasteiger partial charge in [0.25, 0.3) is 5.91 Å². The minimum absolute atomic E-state index is 0.0113. The predicted molar refractivity (Wildman–Crippen MR) is 119 cm³/mol. The third kappa shape index (κ3) is 5.94. The van der Waals surface area contributed by atoms with Crippen molar-refractivity contribution in [1.29, 1.82) is 0 Å². The maximum absolute atomic E-state index is 15.2. The van der Waals surface area contributed by atoms with Crippen LogP contribution in [0.25, 0.3) is 0 Å². The molecule has 0 unspecified atom stereocenters. The fourth-order valence-electron chi connectivity index (χ4n) is 4.13. The van der Waals surface area contributed by atoms with E-state index in [-0.39, 0.29) is 5.91 Å². The highest BCUT2D eigenvalue weighted by molar-refractivity contribution is 5.94. The standard InChI is InChI=1S/C25H35FN2O2/c1-4-21-17-22(9-8-20(21)3)24(29)28-13-10-25(26,11-14-28)18-27-12-15-30-23-7-5-6-19(2)16-23/h7-9,16-17,27H,4-6,10-15,18H2,1-3H3. The Labute approximate surface area is 180 Å². The molecule has 0 atom stereocenters. The van der Waals surface area contributed by atoms with E-state index in [1.54, 1.807) is 4.90 Å². The molecule has 1 heterocycles. The fraction of sp³-hybridized carbons (Fsp3) is 0.560. The molecule has 1 aromatic rings. The van der Waals surface area contributed by atoms with Gasteiger partial charge in [-0.2, -0.15) is 0 Å². The molecular weight excluding hydrogens is 379 g/mol. The van der Waals surface area contributed by atoms with E-state index in [0.717, 1.165) is 25.0 Å². The average Bonchev–Trinajstić information content (AvgIpc) is 2.74. The summed E-state index contributed by atoms with van der Waals surface area (Å²) in [5.74, 6) is 0.932. The number of rotatable bonds is 8. The minimum atomic E-state index is -1.26. The van der Waals surface area contributed by atoms with Crippen LogP contribution in [0.5, 0.6) is 0 Å². The summed E-state index contributed by atoms with van der Waals surface area (Å²) in [6.45, 7) is 8.63. The van der Waals surface area contributed by atoms with Crippen LogP contribution in [0.4, 0.5) is 4.39 Å². The molecule has 30 heavy (non-hydrogen) atoms. The molecule has 1 fully saturated rings. The summed E-state index contributed by atoms with van der Waals surface area (Å²) < 4.78 is 20.9. The molecule has 1 N–H and O–H groups in total. The van der Waals surface area contributed by atoms with Crippen molar-refractivity contribution in [3.8, 4) is 0 Å². The minimum Gasteiger partial charge on any atom is -0.493 e. The number of ether oxygens (including phenoxy) is 1. The van der Waals surface area contributed by atoms with Gasteiger partial charge in [-0.25, -0.2) is 4.39 Å². The number of hydrogen-bond donors (Lipinski definition) is 1. The third-order valence-electron chi connectivity index (χ3n) is 6.19. The summed E-state index contributed by atoms with van der Waals surface area (Å²) >= 11 is 0. The van der Waals surface area contributed by atoms with Gasteiger partial charge in [0.2, 0.25) is 0 Å². The number of alkyl halides is 1. The lowest BCUT2D eigenvalue weighted by Crippen LogP contribution is -2.49. The van der Waals surface area contributed by atoms with Gasteiger partial charge in [0.1, 0.15) is 18.0 Å². The summed E-state index contributed by atoms with van der Waals surface area (Å²) in [5, 5.41) is 3.19.